The molecule has 120 valence electrons. The van der Waals surface area contributed by atoms with Crippen molar-refractivity contribution in [3.05, 3.63) is 29.8 Å². The highest BCUT2D eigenvalue weighted by molar-refractivity contribution is 5.92. The number of anilines is 1. The second-order valence-electron chi connectivity index (χ2n) is 5.84. The Balaban J connectivity index is 1.86. The van der Waals surface area contributed by atoms with Gasteiger partial charge < -0.3 is 15.0 Å². The van der Waals surface area contributed by atoms with Gasteiger partial charge in [0.15, 0.2) is 6.54 Å². The topological polar surface area (TPSA) is 59.8 Å². The summed E-state index contributed by atoms with van der Waals surface area (Å²) in [6.07, 6.45) is 1.82. The Morgan fingerprint density at radius 2 is 2.14 bits per heavy atom. The number of hydrogen-bond acceptors (Lipinski definition) is 3. The maximum absolute atomic E-state index is 12.2. The zero-order chi connectivity index (χ0) is 15.9. The van der Waals surface area contributed by atoms with Crippen LogP contribution in [0.4, 0.5) is 5.69 Å². The first-order chi connectivity index (χ1) is 10.6. The van der Waals surface area contributed by atoms with E-state index in [1.54, 1.807) is 0 Å². The van der Waals surface area contributed by atoms with Crippen molar-refractivity contribution < 1.29 is 19.2 Å². The third-order valence-electron chi connectivity index (χ3n) is 4.07. The number of benzene rings is 1. The SMILES string of the molecule is CCOC(=O)[C@@H]1CCC[NH+](CC(=O)Nc2ccccc2C)C1. The summed E-state index contributed by atoms with van der Waals surface area (Å²) in [5.74, 6) is -0.206. The maximum atomic E-state index is 12.2. The van der Waals surface area contributed by atoms with Gasteiger partial charge in [0.25, 0.3) is 5.91 Å². The largest absolute Gasteiger partial charge is 0.466 e. The van der Waals surface area contributed by atoms with Gasteiger partial charge in [0.05, 0.1) is 19.7 Å². The molecule has 1 heterocycles. The van der Waals surface area contributed by atoms with Crippen LogP contribution in [0.15, 0.2) is 24.3 Å². The highest BCUT2D eigenvalue weighted by Crippen LogP contribution is 2.13. The van der Waals surface area contributed by atoms with Crippen LogP contribution in [0.25, 0.3) is 0 Å². The number of quaternary nitrogens is 1. The number of aryl methyl sites for hydroxylation is 1. The summed E-state index contributed by atoms with van der Waals surface area (Å²) in [6, 6.07) is 7.73. The van der Waals surface area contributed by atoms with Gasteiger partial charge in [-0.2, -0.15) is 0 Å². The zero-order valence-electron chi connectivity index (χ0n) is 13.4. The highest BCUT2D eigenvalue weighted by Gasteiger charge is 2.30. The molecule has 5 nitrogen and oxygen atoms in total. The molecule has 22 heavy (non-hydrogen) atoms. The van der Waals surface area contributed by atoms with Gasteiger partial charge in [0, 0.05) is 5.69 Å². The number of para-hydroxylation sites is 1. The van der Waals surface area contributed by atoms with Gasteiger partial charge >= 0.3 is 5.97 Å². The van der Waals surface area contributed by atoms with Gasteiger partial charge in [-0.1, -0.05) is 18.2 Å². The Morgan fingerprint density at radius 3 is 2.86 bits per heavy atom. The van der Waals surface area contributed by atoms with E-state index in [-0.39, 0.29) is 17.8 Å². The van der Waals surface area contributed by atoms with Crippen molar-refractivity contribution in [3.8, 4) is 0 Å². The molecule has 1 fully saturated rings. The third-order valence-corrected chi connectivity index (χ3v) is 4.07. The second kappa shape index (κ2) is 7.94. The number of hydrogen-bond donors (Lipinski definition) is 2. The molecule has 0 aromatic heterocycles. The lowest BCUT2D eigenvalue weighted by Crippen LogP contribution is -3.14. The van der Waals surface area contributed by atoms with E-state index in [2.05, 4.69) is 5.32 Å². The fourth-order valence-corrected chi connectivity index (χ4v) is 2.91. The minimum absolute atomic E-state index is 0.00573. The summed E-state index contributed by atoms with van der Waals surface area (Å²) in [6.45, 7) is 6.21. The van der Waals surface area contributed by atoms with Crippen LogP contribution in [0, 0.1) is 12.8 Å². The zero-order valence-corrected chi connectivity index (χ0v) is 13.4. The van der Waals surface area contributed by atoms with Gasteiger partial charge in [0.2, 0.25) is 0 Å². The monoisotopic (exact) mass is 305 g/mol. The molecule has 0 saturated carbocycles. The van der Waals surface area contributed by atoms with E-state index in [0.29, 0.717) is 19.7 Å². The third kappa shape index (κ3) is 4.56. The molecule has 1 saturated heterocycles. The summed E-state index contributed by atoms with van der Waals surface area (Å²) in [5.41, 5.74) is 1.90. The summed E-state index contributed by atoms with van der Waals surface area (Å²) in [5, 5.41) is 2.95. The maximum Gasteiger partial charge on any atom is 0.314 e. The van der Waals surface area contributed by atoms with Crippen molar-refractivity contribution >= 4 is 17.6 Å². The quantitative estimate of drug-likeness (QED) is 0.791. The summed E-state index contributed by atoms with van der Waals surface area (Å²) in [7, 11) is 0. The lowest BCUT2D eigenvalue weighted by Gasteiger charge is -2.28. The smallest absolute Gasteiger partial charge is 0.314 e. The van der Waals surface area contributed by atoms with Crippen LogP contribution in [-0.2, 0) is 14.3 Å². The molecular weight excluding hydrogens is 280 g/mol. The number of ether oxygens (including phenoxy) is 1. The molecule has 5 heteroatoms. The second-order valence-corrected chi connectivity index (χ2v) is 5.84. The summed E-state index contributed by atoms with van der Waals surface area (Å²) in [4.78, 5) is 25.2. The van der Waals surface area contributed by atoms with Crippen LogP contribution in [0.1, 0.15) is 25.3 Å². The molecule has 1 aromatic carbocycles. The predicted octanol–water partition coefficient (Wildman–Crippen LogP) is 0.792. The van der Waals surface area contributed by atoms with E-state index in [9.17, 15) is 9.59 Å². The van der Waals surface area contributed by atoms with Crippen molar-refractivity contribution in [2.75, 3.05) is 31.6 Å². The van der Waals surface area contributed by atoms with Gasteiger partial charge in [-0.25, -0.2) is 0 Å². The molecule has 1 aliphatic rings. The lowest BCUT2D eigenvalue weighted by molar-refractivity contribution is -0.899. The Labute approximate surface area is 131 Å². The first-order valence-corrected chi connectivity index (χ1v) is 7.95. The number of rotatable bonds is 5. The Bertz CT molecular complexity index is 530. The molecule has 0 aliphatic carbocycles. The van der Waals surface area contributed by atoms with Crippen molar-refractivity contribution in [2.45, 2.75) is 26.7 Å². The Kier molecular flexibility index (Phi) is 5.95. The number of esters is 1. The van der Waals surface area contributed by atoms with E-state index in [0.717, 1.165) is 35.5 Å². The van der Waals surface area contributed by atoms with E-state index in [4.69, 9.17) is 4.74 Å². The van der Waals surface area contributed by atoms with Crippen LogP contribution in [0.5, 0.6) is 0 Å². The molecule has 1 aromatic rings. The predicted molar refractivity (Wildman–Crippen MR) is 84.7 cm³/mol. The minimum Gasteiger partial charge on any atom is -0.466 e. The van der Waals surface area contributed by atoms with E-state index in [1.165, 1.54) is 0 Å². The van der Waals surface area contributed by atoms with Crippen molar-refractivity contribution in [2.24, 2.45) is 5.92 Å². The molecule has 0 spiro atoms. The van der Waals surface area contributed by atoms with E-state index < -0.39 is 0 Å². The number of nitrogens with one attached hydrogen (secondary N) is 2. The fourth-order valence-electron chi connectivity index (χ4n) is 2.91. The van der Waals surface area contributed by atoms with Crippen LogP contribution in [-0.4, -0.2) is 38.1 Å². The van der Waals surface area contributed by atoms with Crippen LogP contribution in [0.2, 0.25) is 0 Å². The standard InChI is InChI=1S/C17H24N2O3/c1-3-22-17(21)14-8-6-10-19(11-14)12-16(20)18-15-9-5-4-7-13(15)2/h4-5,7,9,14H,3,6,8,10-12H2,1-2H3,(H,18,20)/p+1/t14-/m1/s1. The van der Waals surface area contributed by atoms with Crippen LogP contribution >= 0.6 is 0 Å². The average molecular weight is 305 g/mol. The van der Waals surface area contributed by atoms with E-state index >= 15 is 0 Å². The Hall–Kier alpha value is -1.88. The summed E-state index contributed by atoms with van der Waals surface area (Å²) < 4.78 is 5.09. The van der Waals surface area contributed by atoms with Gasteiger partial charge in [-0.05, 0) is 38.3 Å². The highest BCUT2D eigenvalue weighted by atomic mass is 16.5. The van der Waals surface area contributed by atoms with Crippen LogP contribution in [0.3, 0.4) is 0 Å². The average Bonchev–Trinajstić information content (AvgIpc) is 2.50. The molecule has 2 rings (SSSR count). The number of piperidine rings is 1. The molecular formula is C17H25N2O3+. The lowest BCUT2D eigenvalue weighted by atomic mass is 9.98. The fraction of sp³-hybridized carbons (Fsp3) is 0.529. The number of likely N-dealkylation sites (tertiary alicyclic amines) is 1. The molecule has 0 radical (unpaired) electrons. The molecule has 2 atom stereocenters. The van der Waals surface area contributed by atoms with E-state index in [1.807, 2.05) is 38.1 Å². The molecule has 1 aliphatic heterocycles. The van der Waals surface area contributed by atoms with Gasteiger partial charge in [-0.15, -0.1) is 0 Å². The first-order valence-electron chi connectivity index (χ1n) is 7.95. The first kappa shape index (κ1) is 16.5. The normalized spacial score (nSPS) is 21.2. The van der Waals surface area contributed by atoms with Crippen molar-refractivity contribution in [1.29, 1.82) is 0 Å². The summed E-state index contributed by atoms with van der Waals surface area (Å²) >= 11 is 0. The number of carbonyl (C=O) groups excluding carboxylic acids is 2. The molecule has 0 bridgehead atoms. The van der Waals surface area contributed by atoms with Crippen molar-refractivity contribution in [3.63, 3.8) is 0 Å². The molecule has 1 amide bonds. The van der Waals surface area contributed by atoms with Crippen molar-refractivity contribution in [1.82, 2.24) is 0 Å². The molecule has 1 unspecified atom stereocenters. The van der Waals surface area contributed by atoms with Gasteiger partial charge in [0.1, 0.15) is 5.92 Å². The van der Waals surface area contributed by atoms with Gasteiger partial charge in [-0.3, -0.25) is 9.59 Å². The number of amides is 1. The minimum atomic E-state index is -0.126. The van der Waals surface area contributed by atoms with Crippen LogP contribution < -0.4 is 10.2 Å². The molecule has 2 N–H and O–H groups in total. The Morgan fingerprint density at radius 1 is 1.36 bits per heavy atom. The number of carbonyl (C=O) groups is 2.